The number of aryl methyl sites for hydroxylation is 1. The van der Waals surface area contributed by atoms with Crippen LogP contribution in [-0.4, -0.2) is 24.2 Å². The molecule has 1 aliphatic rings. The fraction of sp³-hybridized carbons (Fsp3) is 0.538. The van der Waals surface area contributed by atoms with Crippen LogP contribution >= 0.6 is 11.8 Å². The summed E-state index contributed by atoms with van der Waals surface area (Å²) in [6, 6.07) is 8.21. The number of nitrogens with two attached hydrogens (primary N) is 1. The van der Waals surface area contributed by atoms with Crippen molar-refractivity contribution in [2.75, 3.05) is 24.7 Å². The first-order valence-electron chi connectivity index (χ1n) is 5.88. The molecule has 0 aliphatic carbocycles. The lowest BCUT2D eigenvalue weighted by Gasteiger charge is -2.21. The highest BCUT2D eigenvalue weighted by Gasteiger charge is 2.13. The van der Waals surface area contributed by atoms with E-state index in [1.54, 1.807) is 0 Å². The maximum absolute atomic E-state index is 5.65. The Morgan fingerprint density at radius 2 is 1.88 bits per heavy atom. The molecule has 0 spiro atoms. The monoisotopic (exact) mass is 237 g/mol. The van der Waals surface area contributed by atoms with E-state index in [-0.39, 0.29) is 0 Å². The molecule has 0 bridgehead atoms. The summed E-state index contributed by atoms with van der Waals surface area (Å²) < 4.78 is 5.35. The minimum absolute atomic E-state index is 0.808. The Hall–Kier alpha value is -0.670. The molecule has 1 heterocycles. The van der Waals surface area contributed by atoms with Crippen LogP contribution in [0.25, 0.3) is 0 Å². The van der Waals surface area contributed by atoms with Crippen LogP contribution in [0, 0.1) is 0 Å². The fourth-order valence-corrected chi connectivity index (χ4v) is 3.08. The highest BCUT2D eigenvalue weighted by Crippen LogP contribution is 2.22. The van der Waals surface area contributed by atoms with Crippen LogP contribution in [0.15, 0.2) is 24.3 Å². The van der Waals surface area contributed by atoms with Gasteiger partial charge in [-0.05, 0) is 42.7 Å². The van der Waals surface area contributed by atoms with E-state index in [1.165, 1.54) is 24.2 Å². The highest BCUT2D eigenvalue weighted by atomic mass is 32.2. The molecule has 2 nitrogen and oxygen atoms in total. The molecule has 0 unspecified atom stereocenters. The standard InChI is InChI=1S/C13H19NOS/c14-12-3-1-11(2-4-12)7-10-16-13-5-8-15-9-6-13/h1-4,13H,5-10,14H2. The van der Waals surface area contributed by atoms with Crippen LogP contribution in [0.2, 0.25) is 0 Å². The summed E-state index contributed by atoms with van der Waals surface area (Å²) in [4.78, 5) is 0. The number of ether oxygens (including phenoxy) is 1. The second kappa shape index (κ2) is 6.16. The minimum Gasteiger partial charge on any atom is -0.399 e. The number of hydrogen-bond donors (Lipinski definition) is 1. The molecular weight excluding hydrogens is 218 g/mol. The van der Waals surface area contributed by atoms with Crippen LogP contribution in [0.5, 0.6) is 0 Å². The van der Waals surface area contributed by atoms with E-state index in [2.05, 4.69) is 23.9 Å². The molecule has 0 radical (unpaired) electrons. The Morgan fingerprint density at radius 3 is 2.56 bits per heavy atom. The molecule has 2 rings (SSSR count). The summed E-state index contributed by atoms with van der Waals surface area (Å²) in [6.45, 7) is 1.89. The predicted octanol–water partition coefficient (Wildman–Crippen LogP) is 2.72. The molecule has 0 saturated carbocycles. The summed E-state index contributed by atoms with van der Waals surface area (Å²) in [5, 5.41) is 0.808. The second-order valence-corrected chi connectivity index (χ2v) is 5.58. The van der Waals surface area contributed by atoms with Gasteiger partial charge in [-0.1, -0.05) is 12.1 Å². The lowest BCUT2D eigenvalue weighted by Crippen LogP contribution is -2.18. The maximum atomic E-state index is 5.65. The van der Waals surface area contributed by atoms with Crippen molar-refractivity contribution >= 4 is 17.4 Å². The first-order valence-corrected chi connectivity index (χ1v) is 6.93. The van der Waals surface area contributed by atoms with Gasteiger partial charge in [-0.3, -0.25) is 0 Å². The zero-order valence-electron chi connectivity index (χ0n) is 9.52. The Morgan fingerprint density at radius 1 is 1.19 bits per heavy atom. The molecule has 0 aromatic heterocycles. The van der Waals surface area contributed by atoms with Crippen LogP contribution < -0.4 is 5.73 Å². The number of anilines is 1. The van der Waals surface area contributed by atoms with Crippen molar-refractivity contribution in [3.05, 3.63) is 29.8 Å². The van der Waals surface area contributed by atoms with Gasteiger partial charge in [-0.25, -0.2) is 0 Å². The van der Waals surface area contributed by atoms with Crippen molar-refractivity contribution in [2.24, 2.45) is 0 Å². The third-order valence-corrected chi connectivity index (χ3v) is 4.27. The van der Waals surface area contributed by atoms with Gasteiger partial charge in [0.25, 0.3) is 0 Å². The minimum atomic E-state index is 0.808. The van der Waals surface area contributed by atoms with Crippen molar-refractivity contribution in [3.63, 3.8) is 0 Å². The van der Waals surface area contributed by atoms with Gasteiger partial charge in [-0.15, -0.1) is 0 Å². The highest BCUT2D eigenvalue weighted by molar-refractivity contribution is 7.99. The second-order valence-electron chi connectivity index (χ2n) is 4.17. The molecule has 2 N–H and O–H groups in total. The van der Waals surface area contributed by atoms with Gasteiger partial charge < -0.3 is 10.5 Å². The van der Waals surface area contributed by atoms with Gasteiger partial charge in [0.15, 0.2) is 0 Å². The van der Waals surface area contributed by atoms with Crippen LogP contribution in [-0.2, 0) is 11.2 Å². The molecule has 1 aromatic carbocycles. The summed E-state index contributed by atoms with van der Waals surface area (Å²) in [7, 11) is 0. The van der Waals surface area contributed by atoms with Crippen molar-refractivity contribution < 1.29 is 4.74 Å². The SMILES string of the molecule is Nc1ccc(CCSC2CCOCC2)cc1. The zero-order chi connectivity index (χ0) is 11.2. The number of hydrogen-bond acceptors (Lipinski definition) is 3. The third kappa shape index (κ3) is 3.72. The van der Waals surface area contributed by atoms with Gasteiger partial charge in [0.1, 0.15) is 0 Å². The Kier molecular flexibility index (Phi) is 4.55. The van der Waals surface area contributed by atoms with Gasteiger partial charge in [-0.2, -0.15) is 11.8 Å². The number of nitrogen functional groups attached to an aromatic ring is 1. The van der Waals surface area contributed by atoms with Gasteiger partial charge in [0.2, 0.25) is 0 Å². The zero-order valence-corrected chi connectivity index (χ0v) is 10.3. The molecule has 1 aliphatic heterocycles. The Balaban J connectivity index is 1.69. The molecule has 0 atom stereocenters. The molecule has 88 valence electrons. The normalized spacial score (nSPS) is 17.5. The average Bonchev–Trinajstić information content (AvgIpc) is 2.33. The third-order valence-electron chi connectivity index (χ3n) is 2.89. The topological polar surface area (TPSA) is 35.2 Å². The molecule has 3 heteroatoms. The molecule has 16 heavy (non-hydrogen) atoms. The van der Waals surface area contributed by atoms with E-state index in [0.717, 1.165) is 30.6 Å². The van der Waals surface area contributed by atoms with E-state index >= 15 is 0 Å². The number of benzene rings is 1. The van der Waals surface area contributed by atoms with Crippen molar-refractivity contribution in [1.82, 2.24) is 0 Å². The molecular formula is C13H19NOS. The maximum Gasteiger partial charge on any atom is 0.0476 e. The molecule has 1 saturated heterocycles. The average molecular weight is 237 g/mol. The lowest BCUT2D eigenvalue weighted by atomic mass is 10.2. The predicted molar refractivity (Wildman–Crippen MR) is 70.9 cm³/mol. The van der Waals surface area contributed by atoms with E-state index < -0.39 is 0 Å². The largest absolute Gasteiger partial charge is 0.399 e. The lowest BCUT2D eigenvalue weighted by molar-refractivity contribution is 0.100. The smallest absolute Gasteiger partial charge is 0.0476 e. The first-order chi connectivity index (χ1) is 7.84. The first kappa shape index (κ1) is 11.8. The number of thioether (sulfide) groups is 1. The van der Waals surface area contributed by atoms with Crippen LogP contribution in [0.1, 0.15) is 18.4 Å². The van der Waals surface area contributed by atoms with Crippen LogP contribution in [0.4, 0.5) is 5.69 Å². The summed E-state index contributed by atoms with van der Waals surface area (Å²) in [5.74, 6) is 1.20. The quantitative estimate of drug-likeness (QED) is 0.818. The van der Waals surface area contributed by atoms with Gasteiger partial charge >= 0.3 is 0 Å². The van der Waals surface area contributed by atoms with E-state index in [1.807, 2.05) is 12.1 Å². The van der Waals surface area contributed by atoms with E-state index in [4.69, 9.17) is 10.5 Å². The number of rotatable bonds is 4. The van der Waals surface area contributed by atoms with Crippen molar-refractivity contribution in [2.45, 2.75) is 24.5 Å². The van der Waals surface area contributed by atoms with E-state index in [9.17, 15) is 0 Å². The summed E-state index contributed by atoms with van der Waals surface area (Å²) >= 11 is 2.09. The Labute approximate surface area is 102 Å². The van der Waals surface area contributed by atoms with Crippen molar-refractivity contribution in [1.29, 1.82) is 0 Å². The van der Waals surface area contributed by atoms with Crippen molar-refractivity contribution in [3.8, 4) is 0 Å². The van der Waals surface area contributed by atoms with Gasteiger partial charge in [0, 0.05) is 24.2 Å². The molecule has 1 fully saturated rings. The molecule has 1 aromatic rings. The van der Waals surface area contributed by atoms with E-state index in [0.29, 0.717) is 0 Å². The Bertz CT molecular complexity index is 306. The summed E-state index contributed by atoms with van der Waals surface area (Å²) in [5.41, 5.74) is 7.88. The van der Waals surface area contributed by atoms with Gasteiger partial charge in [0.05, 0.1) is 0 Å². The fourth-order valence-electron chi connectivity index (χ4n) is 1.87. The molecule has 0 amide bonds. The van der Waals surface area contributed by atoms with Crippen LogP contribution in [0.3, 0.4) is 0 Å². The summed E-state index contributed by atoms with van der Waals surface area (Å²) in [6.07, 6.45) is 3.57.